The first-order chi connectivity index (χ1) is 17.6. The van der Waals surface area contributed by atoms with Crippen molar-refractivity contribution in [1.82, 2.24) is 29.5 Å². The predicted molar refractivity (Wildman–Crippen MR) is 142 cm³/mol. The first-order valence-corrected chi connectivity index (χ1v) is 12.0. The van der Waals surface area contributed by atoms with Crippen LogP contribution in [0.1, 0.15) is 30.5 Å². The van der Waals surface area contributed by atoms with Crippen molar-refractivity contribution in [3.8, 4) is 11.3 Å². The van der Waals surface area contributed by atoms with Gasteiger partial charge in [0.25, 0.3) is 0 Å². The van der Waals surface area contributed by atoms with E-state index in [4.69, 9.17) is 15.7 Å². The molecule has 0 aliphatic rings. The first-order valence-electron chi connectivity index (χ1n) is 12.0. The van der Waals surface area contributed by atoms with Crippen molar-refractivity contribution in [2.24, 2.45) is 5.73 Å². The fourth-order valence-corrected chi connectivity index (χ4v) is 4.03. The lowest BCUT2D eigenvalue weighted by Crippen LogP contribution is -2.18. The molecule has 3 N–H and O–H groups in total. The van der Waals surface area contributed by atoms with Crippen molar-refractivity contribution in [1.29, 1.82) is 0 Å². The van der Waals surface area contributed by atoms with E-state index in [2.05, 4.69) is 44.6 Å². The molecule has 1 atom stereocenters. The monoisotopic (exact) mass is 479 g/mol. The van der Waals surface area contributed by atoms with Gasteiger partial charge in [-0.25, -0.2) is 15.0 Å². The summed E-state index contributed by atoms with van der Waals surface area (Å²) in [4.78, 5) is 20.3. The van der Waals surface area contributed by atoms with Gasteiger partial charge in [0, 0.05) is 37.5 Å². The molecule has 3 heterocycles. The van der Waals surface area contributed by atoms with Gasteiger partial charge in [0.05, 0.1) is 5.69 Å². The Labute approximate surface area is 210 Å². The predicted octanol–water partition coefficient (Wildman–Crippen LogP) is 4.41. The molecular weight excluding hydrogens is 450 g/mol. The maximum atomic E-state index is 6.01. The van der Waals surface area contributed by atoms with Crippen LogP contribution in [0.5, 0.6) is 0 Å². The number of nitrogens with one attached hydrogen (secondary N) is 1. The molecule has 0 spiro atoms. The van der Waals surface area contributed by atoms with E-state index in [0.29, 0.717) is 23.4 Å². The van der Waals surface area contributed by atoms with E-state index in [1.54, 1.807) is 10.7 Å². The number of hydrogen-bond acceptors (Lipinski definition) is 8. The summed E-state index contributed by atoms with van der Waals surface area (Å²) in [7, 11) is 1.91. The summed E-state index contributed by atoms with van der Waals surface area (Å²) >= 11 is 0. The standard InChI is InChI=1S/C27H29N9/c1-19(28)22-12-6-8-20(16-22)9-7-14-29-26-30-15-13-24(34-26)35(2)27-33-23(21-10-4-3-5-11-21)17-25-31-18-32-36(25)27/h3-6,8,10-13,15-19H,7,9,14,28H2,1-2H3,(H,29,30,34)/t19-/m1/s1. The zero-order chi connectivity index (χ0) is 24.9. The number of fused-ring (bicyclic) bond motifs is 1. The zero-order valence-electron chi connectivity index (χ0n) is 20.4. The van der Waals surface area contributed by atoms with Gasteiger partial charge in [-0.1, -0.05) is 54.6 Å². The lowest BCUT2D eigenvalue weighted by molar-refractivity contribution is 0.806. The molecule has 0 aliphatic carbocycles. The van der Waals surface area contributed by atoms with Gasteiger partial charge < -0.3 is 11.1 Å². The third-order valence-corrected chi connectivity index (χ3v) is 6.01. The van der Waals surface area contributed by atoms with Crippen LogP contribution in [-0.4, -0.2) is 43.1 Å². The van der Waals surface area contributed by atoms with E-state index >= 15 is 0 Å². The Balaban J connectivity index is 1.30. The van der Waals surface area contributed by atoms with Crippen molar-refractivity contribution in [3.63, 3.8) is 0 Å². The molecule has 0 radical (unpaired) electrons. The van der Waals surface area contributed by atoms with E-state index in [9.17, 15) is 0 Å². The number of benzene rings is 2. The number of anilines is 3. The van der Waals surface area contributed by atoms with Gasteiger partial charge in [-0.05, 0) is 37.0 Å². The molecule has 0 unspecified atom stereocenters. The van der Waals surface area contributed by atoms with Crippen LogP contribution in [0.15, 0.2) is 79.3 Å². The quantitative estimate of drug-likeness (QED) is 0.299. The summed E-state index contributed by atoms with van der Waals surface area (Å²) in [6.07, 6.45) is 5.17. The molecule has 182 valence electrons. The highest BCUT2D eigenvalue weighted by molar-refractivity contribution is 5.67. The molecule has 9 heteroatoms. The Morgan fingerprint density at radius 2 is 1.86 bits per heavy atom. The van der Waals surface area contributed by atoms with E-state index < -0.39 is 0 Å². The summed E-state index contributed by atoms with van der Waals surface area (Å²) < 4.78 is 1.71. The van der Waals surface area contributed by atoms with Gasteiger partial charge in [-0.3, -0.25) is 4.90 Å². The molecule has 2 aromatic carbocycles. The molecule has 0 amide bonds. The van der Waals surface area contributed by atoms with Crippen LogP contribution in [0.4, 0.5) is 17.7 Å². The molecule has 3 aromatic heterocycles. The van der Waals surface area contributed by atoms with E-state index in [-0.39, 0.29) is 6.04 Å². The van der Waals surface area contributed by atoms with Crippen LogP contribution in [-0.2, 0) is 6.42 Å². The van der Waals surface area contributed by atoms with Gasteiger partial charge in [-0.15, -0.1) is 0 Å². The second-order valence-electron chi connectivity index (χ2n) is 8.70. The van der Waals surface area contributed by atoms with Gasteiger partial charge in [-0.2, -0.15) is 14.6 Å². The number of nitrogens with zero attached hydrogens (tertiary/aromatic N) is 7. The second-order valence-corrected chi connectivity index (χ2v) is 8.70. The molecule has 5 aromatic rings. The molecular formula is C27H29N9. The number of aromatic nitrogens is 6. The lowest BCUT2D eigenvalue weighted by atomic mass is 10.0. The Morgan fingerprint density at radius 1 is 1.00 bits per heavy atom. The third kappa shape index (κ3) is 5.16. The fourth-order valence-electron chi connectivity index (χ4n) is 4.03. The third-order valence-electron chi connectivity index (χ3n) is 6.01. The normalized spacial score (nSPS) is 12.0. The second kappa shape index (κ2) is 10.5. The highest BCUT2D eigenvalue weighted by Gasteiger charge is 2.16. The minimum Gasteiger partial charge on any atom is -0.354 e. The van der Waals surface area contributed by atoms with Gasteiger partial charge in [0.1, 0.15) is 12.1 Å². The van der Waals surface area contributed by atoms with Crippen molar-refractivity contribution >= 4 is 23.4 Å². The highest BCUT2D eigenvalue weighted by atomic mass is 15.4. The molecule has 0 aliphatic heterocycles. The molecule has 0 saturated heterocycles. The van der Waals surface area contributed by atoms with Crippen LogP contribution >= 0.6 is 0 Å². The molecule has 5 rings (SSSR count). The Bertz CT molecular complexity index is 1450. The van der Waals surface area contributed by atoms with E-state index in [0.717, 1.165) is 36.2 Å². The summed E-state index contributed by atoms with van der Waals surface area (Å²) in [6, 6.07) is 22.3. The number of nitrogens with two attached hydrogens (primary N) is 1. The molecule has 0 saturated carbocycles. The average Bonchev–Trinajstić information content (AvgIpc) is 3.40. The van der Waals surface area contributed by atoms with Crippen LogP contribution in [0, 0.1) is 0 Å². The topological polar surface area (TPSA) is 110 Å². The summed E-state index contributed by atoms with van der Waals surface area (Å²) in [6.45, 7) is 2.76. The Kier molecular flexibility index (Phi) is 6.81. The molecule has 36 heavy (non-hydrogen) atoms. The zero-order valence-corrected chi connectivity index (χ0v) is 20.4. The van der Waals surface area contributed by atoms with Gasteiger partial charge >= 0.3 is 0 Å². The maximum Gasteiger partial charge on any atom is 0.234 e. The lowest BCUT2D eigenvalue weighted by Gasteiger charge is -2.19. The SMILES string of the molecule is C[C@@H](N)c1cccc(CCCNc2nccc(N(C)c3nc(-c4ccccc4)cc4ncnn34)n2)c1. The summed E-state index contributed by atoms with van der Waals surface area (Å²) in [5.41, 5.74) is 11.0. The van der Waals surface area contributed by atoms with Crippen LogP contribution < -0.4 is 16.0 Å². The Hall–Kier alpha value is -4.37. The molecule has 9 nitrogen and oxygen atoms in total. The highest BCUT2D eigenvalue weighted by Crippen LogP contribution is 2.25. The minimum absolute atomic E-state index is 0.0397. The summed E-state index contributed by atoms with van der Waals surface area (Å²) in [5, 5.41) is 7.70. The van der Waals surface area contributed by atoms with Gasteiger partial charge in [0.2, 0.25) is 11.9 Å². The smallest absolute Gasteiger partial charge is 0.234 e. The first kappa shape index (κ1) is 23.4. The summed E-state index contributed by atoms with van der Waals surface area (Å²) in [5.74, 6) is 1.88. The fraction of sp³-hybridized carbons (Fsp3) is 0.222. The minimum atomic E-state index is 0.0397. The average molecular weight is 480 g/mol. The number of hydrogen-bond donors (Lipinski definition) is 2. The van der Waals surface area contributed by atoms with E-state index in [1.165, 1.54) is 11.9 Å². The number of rotatable bonds is 9. The Morgan fingerprint density at radius 3 is 2.69 bits per heavy atom. The van der Waals surface area contributed by atoms with Crippen molar-refractivity contribution in [2.75, 3.05) is 23.8 Å². The molecule has 0 fully saturated rings. The van der Waals surface area contributed by atoms with Crippen molar-refractivity contribution in [3.05, 3.63) is 90.4 Å². The number of aryl methyl sites for hydroxylation is 1. The van der Waals surface area contributed by atoms with Crippen molar-refractivity contribution < 1.29 is 0 Å². The van der Waals surface area contributed by atoms with Crippen LogP contribution in [0.25, 0.3) is 16.9 Å². The van der Waals surface area contributed by atoms with Crippen LogP contribution in [0.2, 0.25) is 0 Å². The van der Waals surface area contributed by atoms with Crippen LogP contribution in [0.3, 0.4) is 0 Å². The van der Waals surface area contributed by atoms with Crippen molar-refractivity contribution in [2.45, 2.75) is 25.8 Å². The van der Waals surface area contributed by atoms with Gasteiger partial charge in [0.15, 0.2) is 5.65 Å². The van der Waals surface area contributed by atoms with E-state index in [1.807, 2.05) is 61.3 Å². The maximum absolute atomic E-state index is 6.01. The largest absolute Gasteiger partial charge is 0.354 e. The molecule has 0 bridgehead atoms.